The molecule has 1 aliphatic rings. The minimum atomic E-state index is -1.000. The van der Waals surface area contributed by atoms with E-state index in [2.05, 4.69) is 5.32 Å². The first-order valence-electron chi connectivity index (χ1n) is 7.20. The van der Waals surface area contributed by atoms with E-state index >= 15 is 0 Å². The second-order valence-electron chi connectivity index (χ2n) is 5.68. The molecule has 1 rings (SSSR count). The van der Waals surface area contributed by atoms with Crippen LogP contribution in [0.3, 0.4) is 0 Å². The van der Waals surface area contributed by atoms with Crippen molar-refractivity contribution in [3.05, 3.63) is 0 Å². The Hall–Kier alpha value is -1.63. The molecule has 0 bridgehead atoms. The molecule has 7 heteroatoms. The SMILES string of the molecule is CC(=O)NCCCCCC(=O)N1CC(C)(OCC(=O)O)C1. The third kappa shape index (κ3) is 6.57. The number of rotatable bonds is 9. The Morgan fingerprint density at radius 2 is 1.90 bits per heavy atom. The number of unbranched alkanes of at least 4 members (excludes halogenated alkanes) is 2. The van der Waals surface area contributed by atoms with E-state index in [1.807, 2.05) is 6.92 Å². The summed E-state index contributed by atoms with van der Waals surface area (Å²) in [5, 5.41) is 11.3. The summed E-state index contributed by atoms with van der Waals surface area (Å²) in [4.78, 5) is 34.7. The highest BCUT2D eigenvalue weighted by Crippen LogP contribution is 2.25. The number of nitrogens with zero attached hydrogens (tertiary/aromatic N) is 1. The van der Waals surface area contributed by atoms with Crippen LogP contribution in [0.1, 0.15) is 39.5 Å². The van der Waals surface area contributed by atoms with Gasteiger partial charge in [0.2, 0.25) is 11.8 Å². The molecule has 21 heavy (non-hydrogen) atoms. The number of carbonyl (C=O) groups excluding carboxylic acids is 2. The monoisotopic (exact) mass is 300 g/mol. The molecule has 0 aromatic heterocycles. The van der Waals surface area contributed by atoms with Gasteiger partial charge in [-0.3, -0.25) is 9.59 Å². The van der Waals surface area contributed by atoms with Crippen molar-refractivity contribution >= 4 is 17.8 Å². The van der Waals surface area contributed by atoms with Crippen LogP contribution in [0.25, 0.3) is 0 Å². The van der Waals surface area contributed by atoms with E-state index in [0.717, 1.165) is 19.3 Å². The first-order chi connectivity index (χ1) is 9.82. The molecule has 1 fully saturated rings. The van der Waals surface area contributed by atoms with Gasteiger partial charge >= 0.3 is 5.97 Å². The highest BCUT2D eigenvalue weighted by molar-refractivity contribution is 5.77. The molecule has 1 heterocycles. The van der Waals surface area contributed by atoms with Crippen LogP contribution in [0.4, 0.5) is 0 Å². The second kappa shape index (κ2) is 7.97. The van der Waals surface area contributed by atoms with Gasteiger partial charge in [0.05, 0.1) is 13.1 Å². The third-order valence-electron chi connectivity index (χ3n) is 3.39. The summed E-state index contributed by atoms with van der Waals surface area (Å²) in [5.41, 5.74) is -0.528. The van der Waals surface area contributed by atoms with Gasteiger partial charge in [-0.1, -0.05) is 6.42 Å². The molecule has 2 amide bonds. The Balaban J connectivity index is 2.07. The van der Waals surface area contributed by atoms with E-state index in [0.29, 0.717) is 26.1 Å². The standard InChI is InChI=1S/C14H24N2O5/c1-11(17)15-7-5-3-4-6-12(18)16-9-14(2,10-16)21-8-13(19)20/h3-10H2,1-2H3,(H,15,17)(H,19,20). The summed E-state index contributed by atoms with van der Waals surface area (Å²) in [6, 6.07) is 0. The summed E-state index contributed by atoms with van der Waals surface area (Å²) in [6.45, 7) is 4.51. The summed E-state index contributed by atoms with van der Waals surface area (Å²) < 4.78 is 5.25. The second-order valence-corrected chi connectivity index (χ2v) is 5.68. The van der Waals surface area contributed by atoms with Crippen LogP contribution in [0, 0.1) is 0 Å². The Labute approximate surface area is 124 Å². The number of hydrogen-bond donors (Lipinski definition) is 2. The van der Waals surface area contributed by atoms with Crippen LogP contribution < -0.4 is 5.32 Å². The van der Waals surface area contributed by atoms with Gasteiger partial charge in [-0.15, -0.1) is 0 Å². The molecule has 2 N–H and O–H groups in total. The first-order valence-corrected chi connectivity index (χ1v) is 7.20. The van der Waals surface area contributed by atoms with Crippen LogP contribution in [0.5, 0.6) is 0 Å². The molecule has 0 aromatic carbocycles. The van der Waals surface area contributed by atoms with Crippen molar-refractivity contribution in [3.63, 3.8) is 0 Å². The highest BCUT2D eigenvalue weighted by Gasteiger charge is 2.42. The molecule has 0 atom stereocenters. The molecule has 1 saturated heterocycles. The number of carbonyl (C=O) groups is 3. The van der Waals surface area contributed by atoms with Gasteiger partial charge in [-0.05, 0) is 19.8 Å². The number of amides is 2. The molecular formula is C14H24N2O5. The van der Waals surface area contributed by atoms with E-state index in [-0.39, 0.29) is 18.4 Å². The number of aliphatic carboxylic acids is 1. The van der Waals surface area contributed by atoms with Gasteiger partial charge in [0.25, 0.3) is 0 Å². The molecule has 0 radical (unpaired) electrons. The van der Waals surface area contributed by atoms with E-state index in [4.69, 9.17) is 9.84 Å². The van der Waals surface area contributed by atoms with Gasteiger partial charge in [0.1, 0.15) is 12.2 Å². The number of ether oxygens (including phenoxy) is 1. The van der Waals surface area contributed by atoms with Gasteiger partial charge in [0.15, 0.2) is 0 Å². The lowest BCUT2D eigenvalue weighted by molar-refractivity contribution is -0.173. The maximum absolute atomic E-state index is 11.9. The van der Waals surface area contributed by atoms with Crippen molar-refractivity contribution in [2.45, 2.75) is 45.1 Å². The zero-order chi connectivity index (χ0) is 15.9. The van der Waals surface area contributed by atoms with Gasteiger partial charge in [-0.2, -0.15) is 0 Å². The van der Waals surface area contributed by atoms with Crippen molar-refractivity contribution in [1.82, 2.24) is 10.2 Å². The van der Waals surface area contributed by atoms with E-state index < -0.39 is 11.6 Å². The maximum atomic E-state index is 11.9. The lowest BCUT2D eigenvalue weighted by atomic mass is 9.95. The minimum absolute atomic E-state index is 0.0349. The minimum Gasteiger partial charge on any atom is -0.480 e. The summed E-state index contributed by atoms with van der Waals surface area (Å²) >= 11 is 0. The fraction of sp³-hybridized carbons (Fsp3) is 0.786. The van der Waals surface area contributed by atoms with E-state index in [9.17, 15) is 14.4 Å². The summed E-state index contributed by atoms with van der Waals surface area (Å²) in [6.07, 6.45) is 3.04. The number of nitrogens with one attached hydrogen (secondary N) is 1. The highest BCUT2D eigenvalue weighted by atomic mass is 16.5. The van der Waals surface area contributed by atoms with E-state index in [1.54, 1.807) is 4.90 Å². The molecule has 7 nitrogen and oxygen atoms in total. The predicted molar refractivity (Wildman–Crippen MR) is 75.7 cm³/mol. The smallest absolute Gasteiger partial charge is 0.329 e. The number of carboxylic acid groups (broad SMARTS) is 1. The lowest BCUT2D eigenvalue weighted by Crippen LogP contribution is -2.63. The zero-order valence-corrected chi connectivity index (χ0v) is 12.7. The van der Waals surface area contributed by atoms with Crippen molar-refractivity contribution in [1.29, 1.82) is 0 Å². The molecule has 0 unspecified atom stereocenters. The predicted octanol–water partition coefficient (Wildman–Crippen LogP) is 0.385. The Morgan fingerprint density at radius 1 is 1.24 bits per heavy atom. The fourth-order valence-corrected chi connectivity index (χ4v) is 2.27. The normalized spacial score (nSPS) is 16.2. The van der Waals surface area contributed by atoms with Gasteiger partial charge in [-0.25, -0.2) is 4.79 Å². The summed E-state index contributed by atoms with van der Waals surface area (Å²) in [5.74, 6) is -0.960. The topological polar surface area (TPSA) is 95.9 Å². The third-order valence-corrected chi connectivity index (χ3v) is 3.39. The maximum Gasteiger partial charge on any atom is 0.329 e. The lowest BCUT2D eigenvalue weighted by Gasteiger charge is -2.47. The van der Waals surface area contributed by atoms with Crippen LogP contribution in [-0.4, -0.2) is 59.6 Å². The Bertz CT molecular complexity index is 391. The van der Waals surface area contributed by atoms with Crippen LogP contribution in [0.15, 0.2) is 0 Å². The van der Waals surface area contributed by atoms with Gasteiger partial charge in [0, 0.05) is 19.9 Å². The fourth-order valence-electron chi connectivity index (χ4n) is 2.27. The molecule has 0 saturated carbocycles. The number of likely N-dealkylation sites (tertiary alicyclic amines) is 1. The van der Waals surface area contributed by atoms with Crippen molar-refractivity contribution in [2.24, 2.45) is 0 Å². The van der Waals surface area contributed by atoms with Crippen LogP contribution in [0.2, 0.25) is 0 Å². The first kappa shape index (κ1) is 17.4. The largest absolute Gasteiger partial charge is 0.480 e. The van der Waals surface area contributed by atoms with Crippen LogP contribution in [-0.2, 0) is 19.1 Å². The Kier molecular flexibility index (Phi) is 6.61. The van der Waals surface area contributed by atoms with E-state index in [1.165, 1.54) is 6.92 Å². The quantitative estimate of drug-likeness (QED) is 0.600. The van der Waals surface area contributed by atoms with Gasteiger partial charge < -0.3 is 20.1 Å². The molecule has 120 valence electrons. The average molecular weight is 300 g/mol. The average Bonchev–Trinajstić information content (AvgIpc) is 2.36. The molecule has 0 aromatic rings. The molecular weight excluding hydrogens is 276 g/mol. The molecule has 1 aliphatic heterocycles. The number of carboxylic acids is 1. The molecule has 0 aliphatic carbocycles. The summed E-state index contributed by atoms with van der Waals surface area (Å²) in [7, 11) is 0. The Morgan fingerprint density at radius 3 is 2.48 bits per heavy atom. The van der Waals surface area contributed by atoms with Crippen molar-refractivity contribution < 1.29 is 24.2 Å². The zero-order valence-electron chi connectivity index (χ0n) is 12.7. The van der Waals surface area contributed by atoms with Crippen LogP contribution >= 0.6 is 0 Å². The van der Waals surface area contributed by atoms with Crippen molar-refractivity contribution in [2.75, 3.05) is 26.2 Å². The van der Waals surface area contributed by atoms with Crippen molar-refractivity contribution in [3.8, 4) is 0 Å². The number of hydrogen-bond acceptors (Lipinski definition) is 4. The molecule has 0 spiro atoms.